The van der Waals surface area contributed by atoms with E-state index in [1.54, 1.807) is 13.0 Å². The SMILES string of the molecule is Cc1cccc([N+](=O)[O-])c1C(=O)OCc1cc(=O)oc2cc3c(cc12)CCC3. The Morgan fingerprint density at radius 3 is 2.71 bits per heavy atom. The molecule has 0 saturated carbocycles. The summed E-state index contributed by atoms with van der Waals surface area (Å²) in [6, 6.07) is 9.53. The first-order chi connectivity index (χ1) is 13.4. The van der Waals surface area contributed by atoms with Gasteiger partial charge in [-0.1, -0.05) is 12.1 Å². The Morgan fingerprint density at radius 2 is 1.96 bits per heavy atom. The number of hydrogen-bond donors (Lipinski definition) is 0. The second kappa shape index (κ2) is 6.92. The van der Waals surface area contributed by atoms with Crippen LogP contribution in [-0.2, 0) is 24.2 Å². The van der Waals surface area contributed by atoms with E-state index in [-0.39, 0.29) is 17.9 Å². The lowest BCUT2D eigenvalue weighted by atomic mass is 10.0. The van der Waals surface area contributed by atoms with Gasteiger partial charge < -0.3 is 9.15 Å². The second-order valence-electron chi connectivity index (χ2n) is 6.86. The van der Waals surface area contributed by atoms with E-state index in [0.717, 1.165) is 19.3 Å². The first kappa shape index (κ1) is 17.9. The number of ether oxygens (including phenoxy) is 1. The molecule has 0 saturated heterocycles. The highest BCUT2D eigenvalue weighted by Gasteiger charge is 2.24. The van der Waals surface area contributed by atoms with E-state index < -0.39 is 16.5 Å². The Hall–Kier alpha value is -3.48. The summed E-state index contributed by atoms with van der Waals surface area (Å²) >= 11 is 0. The molecule has 28 heavy (non-hydrogen) atoms. The van der Waals surface area contributed by atoms with E-state index in [4.69, 9.17) is 9.15 Å². The van der Waals surface area contributed by atoms with Crippen LogP contribution in [-0.4, -0.2) is 10.9 Å². The van der Waals surface area contributed by atoms with E-state index >= 15 is 0 Å². The van der Waals surface area contributed by atoms with Crippen molar-refractivity contribution in [1.29, 1.82) is 0 Å². The van der Waals surface area contributed by atoms with Gasteiger partial charge in [-0.3, -0.25) is 10.1 Å². The van der Waals surface area contributed by atoms with Gasteiger partial charge in [-0.2, -0.15) is 0 Å². The minimum atomic E-state index is -0.799. The molecule has 0 fully saturated rings. The van der Waals surface area contributed by atoms with Gasteiger partial charge in [0.1, 0.15) is 17.8 Å². The van der Waals surface area contributed by atoms with Gasteiger partial charge in [0.25, 0.3) is 5.69 Å². The van der Waals surface area contributed by atoms with Gasteiger partial charge >= 0.3 is 11.6 Å². The summed E-state index contributed by atoms with van der Waals surface area (Å²) in [6.45, 7) is 1.44. The zero-order valence-corrected chi connectivity index (χ0v) is 15.2. The molecular weight excluding hydrogens is 362 g/mol. The van der Waals surface area contributed by atoms with Crippen LogP contribution in [0.25, 0.3) is 11.0 Å². The molecule has 0 atom stereocenters. The van der Waals surface area contributed by atoms with E-state index in [1.165, 1.54) is 29.3 Å². The molecule has 7 heteroatoms. The molecule has 0 N–H and O–H groups in total. The fourth-order valence-corrected chi connectivity index (χ4v) is 3.70. The number of benzene rings is 2. The zero-order chi connectivity index (χ0) is 19.8. The van der Waals surface area contributed by atoms with Gasteiger partial charge in [0.2, 0.25) is 0 Å². The van der Waals surface area contributed by atoms with Crippen molar-refractivity contribution in [2.24, 2.45) is 0 Å². The lowest BCUT2D eigenvalue weighted by Crippen LogP contribution is -2.11. The van der Waals surface area contributed by atoms with Crippen molar-refractivity contribution >= 4 is 22.6 Å². The molecule has 4 rings (SSSR count). The number of nitrogens with zero attached hydrogens (tertiary/aromatic N) is 1. The minimum Gasteiger partial charge on any atom is -0.457 e. The number of hydrogen-bond acceptors (Lipinski definition) is 6. The number of fused-ring (bicyclic) bond motifs is 2. The maximum Gasteiger partial charge on any atom is 0.345 e. The molecule has 7 nitrogen and oxygen atoms in total. The highest BCUT2D eigenvalue weighted by molar-refractivity contribution is 5.95. The Labute approximate surface area is 159 Å². The lowest BCUT2D eigenvalue weighted by Gasteiger charge is -2.10. The lowest BCUT2D eigenvalue weighted by molar-refractivity contribution is -0.385. The number of nitro benzene ring substituents is 1. The predicted molar refractivity (Wildman–Crippen MR) is 101 cm³/mol. The van der Waals surface area contributed by atoms with Gasteiger partial charge in [0, 0.05) is 23.1 Å². The molecule has 0 aliphatic heterocycles. The van der Waals surface area contributed by atoms with Crippen LogP contribution in [0, 0.1) is 17.0 Å². The third kappa shape index (κ3) is 3.15. The van der Waals surface area contributed by atoms with Crippen LogP contribution in [0.2, 0.25) is 0 Å². The summed E-state index contributed by atoms with van der Waals surface area (Å²) < 4.78 is 10.6. The quantitative estimate of drug-likeness (QED) is 0.295. The third-order valence-electron chi connectivity index (χ3n) is 5.05. The highest BCUT2D eigenvalue weighted by atomic mass is 16.6. The Morgan fingerprint density at radius 1 is 1.21 bits per heavy atom. The maximum absolute atomic E-state index is 12.5. The fraction of sp³-hybridized carbons (Fsp3) is 0.238. The molecule has 0 unspecified atom stereocenters. The summed E-state index contributed by atoms with van der Waals surface area (Å²) in [5.41, 5.74) is 2.88. The predicted octanol–water partition coefficient (Wildman–Crippen LogP) is 3.86. The highest BCUT2D eigenvalue weighted by Crippen LogP contribution is 2.29. The molecule has 142 valence electrons. The van der Waals surface area contributed by atoms with Gasteiger partial charge in [-0.15, -0.1) is 0 Å². The van der Waals surface area contributed by atoms with Crippen LogP contribution in [0.15, 0.2) is 45.6 Å². The Kier molecular flexibility index (Phi) is 4.43. The van der Waals surface area contributed by atoms with Gasteiger partial charge in [0.05, 0.1) is 4.92 Å². The normalized spacial score (nSPS) is 12.8. The van der Waals surface area contributed by atoms with Crippen molar-refractivity contribution in [3.8, 4) is 0 Å². The van der Waals surface area contributed by atoms with Gasteiger partial charge in [0.15, 0.2) is 0 Å². The summed E-state index contributed by atoms with van der Waals surface area (Å²) in [5.74, 6) is -0.799. The zero-order valence-electron chi connectivity index (χ0n) is 15.2. The van der Waals surface area contributed by atoms with Crippen LogP contribution < -0.4 is 5.63 Å². The summed E-state index contributed by atoms with van der Waals surface area (Å²) in [5, 5.41) is 11.9. The number of nitro groups is 1. The van der Waals surface area contributed by atoms with E-state index in [1.807, 2.05) is 12.1 Å². The first-order valence-corrected chi connectivity index (χ1v) is 8.93. The second-order valence-corrected chi connectivity index (χ2v) is 6.86. The molecule has 1 heterocycles. The van der Waals surface area contributed by atoms with Crippen molar-refractivity contribution in [3.63, 3.8) is 0 Å². The topological polar surface area (TPSA) is 99.6 Å². The molecule has 1 aromatic heterocycles. The molecule has 0 bridgehead atoms. The van der Waals surface area contributed by atoms with Gasteiger partial charge in [-0.25, -0.2) is 9.59 Å². The van der Waals surface area contributed by atoms with Crippen molar-refractivity contribution in [1.82, 2.24) is 0 Å². The average molecular weight is 379 g/mol. The molecular formula is C21H17NO6. The number of carbonyl (C=O) groups is 1. The smallest absolute Gasteiger partial charge is 0.345 e. The molecule has 3 aromatic rings. The van der Waals surface area contributed by atoms with Crippen LogP contribution in [0.3, 0.4) is 0 Å². The fourth-order valence-electron chi connectivity index (χ4n) is 3.70. The monoisotopic (exact) mass is 379 g/mol. The molecule has 1 aliphatic rings. The number of esters is 1. The summed E-state index contributed by atoms with van der Waals surface area (Å²) in [7, 11) is 0. The minimum absolute atomic E-state index is 0.0827. The Bertz CT molecular complexity index is 1180. The molecule has 1 aliphatic carbocycles. The van der Waals surface area contributed by atoms with Gasteiger partial charge in [-0.05, 0) is 55.0 Å². The molecule has 2 aromatic carbocycles. The van der Waals surface area contributed by atoms with Crippen molar-refractivity contribution in [3.05, 3.63) is 84.7 Å². The first-order valence-electron chi connectivity index (χ1n) is 8.93. The van der Waals surface area contributed by atoms with Crippen LogP contribution in [0.1, 0.15) is 39.0 Å². The van der Waals surface area contributed by atoms with Crippen molar-refractivity contribution < 1.29 is 18.9 Å². The van der Waals surface area contributed by atoms with E-state index in [0.29, 0.717) is 22.1 Å². The van der Waals surface area contributed by atoms with Crippen LogP contribution in [0.4, 0.5) is 5.69 Å². The number of carbonyl (C=O) groups excluding carboxylic acids is 1. The maximum atomic E-state index is 12.5. The van der Waals surface area contributed by atoms with E-state index in [2.05, 4.69) is 0 Å². The number of rotatable bonds is 4. The summed E-state index contributed by atoms with van der Waals surface area (Å²) in [4.78, 5) is 35.1. The molecule has 0 radical (unpaired) electrons. The third-order valence-corrected chi connectivity index (χ3v) is 5.05. The standard InChI is InChI=1S/C21H17NO6/c1-12-4-2-7-17(22(25)26)20(12)21(24)27-11-15-10-19(23)28-18-9-14-6-3-5-13(14)8-16(15)18/h2,4,7-10H,3,5-6,11H2,1H3. The summed E-state index contributed by atoms with van der Waals surface area (Å²) in [6.07, 6.45) is 2.96. The molecule has 0 amide bonds. The number of aryl methyl sites for hydroxylation is 3. The van der Waals surface area contributed by atoms with Crippen molar-refractivity contribution in [2.75, 3.05) is 0 Å². The molecule has 0 spiro atoms. The average Bonchev–Trinajstić information content (AvgIpc) is 3.11. The van der Waals surface area contributed by atoms with E-state index in [9.17, 15) is 19.7 Å². The largest absolute Gasteiger partial charge is 0.457 e. The van der Waals surface area contributed by atoms with Crippen LogP contribution >= 0.6 is 0 Å². The van der Waals surface area contributed by atoms with Crippen molar-refractivity contribution in [2.45, 2.75) is 32.8 Å². The van der Waals surface area contributed by atoms with Crippen LogP contribution in [0.5, 0.6) is 0 Å². The Balaban J connectivity index is 1.68.